The van der Waals surface area contributed by atoms with E-state index in [1.54, 1.807) is 16.8 Å². The van der Waals surface area contributed by atoms with Crippen LogP contribution in [0.25, 0.3) is 5.69 Å². The molecule has 76 valence electrons. The zero-order chi connectivity index (χ0) is 10.8. The molecule has 1 heterocycles. The average Bonchev–Trinajstić information content (AvgIpc) is 2.65. The van der Waals surface area contributed by atoms with Crippen molar-refractivity contribution in [1.82, 2.24) is 9.78 Å². The number of aromatic nitrogens is 2. The van der Waals surface area contributed by atoms with Crippen molar-refractivity contribution in [2.45, 2.75) is 6.92 Å². The molecular formula is C11H9N2O2-. The largest absolute Gasteiger partial charge is 0.545 e. The first-order valence-corrected chi connectivity index (χ1v) is 4.51. The summed E-state index contributed by atoms with van der Waals surface area (Å²) in [6, 6.07) is 8.27. The molecule has 2 rings (SSSR count). The third-order valence-corrected chi connectivity index (χ3v) is 2.09. The Bertz CT molecular complexity index is 486. The van der Waals surface area contributed by atoms with Crippen molar-refractivity contribution < 1.29 is 9.90 Å². The van der Waals surface area contributed by atoms with Crippen LogP contribution in [0.2, 0.25) is 0 Å². The molecule has 0 aliphatic rings. The molecule has 0 aliphatic heterocycles. The van der Waals surface area contributed by atoms with Gasteiger partial charge in [-0.25, -0.2) is 4.68 Å². The number of benzene rings is 1. The molecule has 0 spiro atoms. The Kier molecular flexibility index (Phi) is 2.25. The summed E-state index contributed by atoms with van der Waals surface area (Å²) in [4.78, 5) is 10.5. The first-order chi connectivity index (χ1) is 7.16. The van der Waals surface area contributed by atoms with E-state index < -0.39 is 5.97 Å². The van der Waals surface area contributed by atoms with Crippen LogP contribution in [-0.2, 0) is 0 Å². The predicted octanol–water partition coefficient (Wildman–Crippen LogP) is 0.544. The fourth-order valence-electron chi connectivity index (χ4n) is 1.31. The van der Waals surface area contributed by atoms with Crippen LogP contribution in [0.1, 0.15) is 16.1 Å². The van der Waals surface area contributed by atoms with Gasteiger partial charge in [0.2, 0.25) is 0 Å². The van der Waals surface area contributed by atoms with Crippen LogP contribution in [0.4, 0.5) is 0 Å². The molecule has 4 heteroatoms. The van der Waals surface area contributed by atoms with Crippen molar-refractivity contribution in [2.24, 2.45) is 0 Å². The molecule has 0 N–H and O–H groups in total. The van der Waals surface area contributed by atoms with E-state index in [1.807, 2.05) is 19.2 Å². The molecule has 1 aromatic carbocycles. The Morgan fingerprint density at radius 3 is 2.40 bits per heavy atom. The number of carbonyl (C=O) groups is 1. The van der Waals surface area contributed by atoms with Gasteiger partial charge in [-0.05, 0) is 30.7 Å². The Hall–Kier alpha value is -2.10. The maximum absolute atomic E-state index is 10.5. The van der Waals surface area contributed by atoms with E-state index in [-0.39, 0.29) is 5.56 Å². The van der Waals surface area contributed by atoms with Gasteiger partial charge in [0.15, 0.2) is 0 Å². The highest BCUT2D eigenvalue weighted by atomic mass is 16.4. The van der Waals surface area contributed by atoms with Crippen LogP contribution >= 0.6 is 0 Å². The molecule has 0 saturated heterocycles. The number of carbonyl (C=O) groups excluding carboxylic acids is 1. The summed E-state index contributed by atoms with van der Waals surface area (Å²) in [6.45, 7) is 1.89. The molecule has 15 heavy (non-hydrogen) atoms. The smallest absolute Gasteiger partial charge is 0.0715 e. The first-order valence-electron chi connectivity index (χ1n) is 4.51. The normalized spacial score (nSPS) is 10.2. The number of hydrogen-bond donors (Lipinski definition) is 0. The van der Waals surface area contributed by atoms with Gasteiger partial charge in [-0.15, -0.1) is 0 Å². The Balaban J connectivity index is 2.35. The highest BCUT2D eigenvalue weighted by Gasteiger charge is 1.98. The van der Waals surface area contributed by atoms with Gasteiger partial charge in [-0.1, -0.05) is 12.1 Å². The lowest BCUT2D eigenvalue weighted by Gasteiger charge is -2.04. The monoisotopic (exact) mass is 201 g/mol. The molecule has 2 aromatic rings. The van der Waals surface area contributed by atoms with Crippen LogP contribution in [0.3, 0.4) is 0 Å². The van der Waals surface area contributed by atoms with Crippen molar-refractivity contribution >= 4 is 5.97 Å². The number of carboxylic acid groups (broad SMARTS) is 1. The second kappa shape index (κ2) is 3.57. The predicted molar refractivity (Wildman–Crippen MR) is 52.6 cm³/mol. The quantitative estimate of drug-likeness (QED) is 0.712. The van der Waals surface area contributed by atoms with Crippen molar-refractivity contribution in [3.8, 4) is 5.69 Å². The summed E-state index contributed by atoms with van der Waals surface area (Å²) in [5.41, 5.74) is 1.91. The maximum atomic E-state index is 10.5. The summed E-state index contributed by atoms with van der Waals surface area (Å²) in [6.07, 6.45) is 1.82. The van der Waals surface area contributed by atoms with E-state index >= 15 is 0 Å². The average molecular weight is 201 g/mol. The number of aromatic carboxylic acids is 1. The van der Waals surface area contributed by atoms with Crippen LogP contribution < -0.4 is 5.11 Å². The third kappa shape index (κ3) is 1.88. The SMILES string of the molecule is Cc1ccn(-c2ccc(C(=O)[O-])cc2)n1. The first kappa shape index (κ1) is 9.45. The minimum Gasteiger partial charge on any atom is -0.545 e. The van der Waals surface area contributed by atoms with Crippen LogP contribution in [0, 0.1) is 6.92 Å². The van der Waals surface area contributed by atoms with E-state index in [0.29, 0.717) is 0 Å². The van der Waals surface area contributed by atoms with Gasteiger partial charge in [0.05, 0.1) is 17.4 Å². The van der Waals surface area contributed by atoms with E-state index in [4.69, 9.17) is 0 Å². The van der Waals surface area contributed by atoms with Crippen molar-refractivity contribution in [2.75, 3.05) is 0 Å². The Labute approximate surface area is 86.8 Å². The van der Waals surface area contributed by atoms with E-state index in [0.717, 1.165) is 11.4 Å². The van der Waals surface area contributed by atoms with Gasteiger partial charge in [-0.3, -0.25) is 0 Å². The highest BCUT2D eigenvalue weighted by molar-refractivity contribution is 5.85. The molecule has 0 fully saturated rings. The van der Waals surface area contributed by atoms with E-state index in [1.165, 1.54) is 12.1 Å². The Morgan fingerprint density at radius 2 is 1.93 bits per heavy atom. The molecule has 0 atom stereocenters. The maximum Gasteiger partial charge on any atom is 0.0715 e. The zero-order valence-electron chi connectivity index (χ0n) is 8.18. The lowest BCUT2D eigenvalue weighted by atomic mass is 10.2. The number of carboxylic acids is 1. The molecule has 0 unspecified atom stereocenters. The fraction of sp³-hybridized carbons (Fsp3) is 0.0909. The molecule has 4 nitrogen and oxygen atoms in total. The fourth-order valence-corrected chi connectivity index (χ4v) is 1.31. The van der Waals surface area contributed by atoms with Gasteiger partial charge in [-0.2, -0.15) is 5.10 Å². The van der Waals surface area contributed by atoms with Crippen LogP contribution in [0.5, 0.6) is 0 Å². The lowest BCUT2D eigenvalue weighted by Crippen LogP contribution is -2.22. The van der Waals surface area contributed by atoms with Crippen molar-refractivity contribution in [3.63, 3.8) is 0 Å². The standard InChI is InChI=1S/C11H10N2O2/c1-8-6-7-13(12-8)10-4-2-9(3-5-10)11(14)15/h2-7H,1H3,(H,14,15)/p-1. The van der Waals surface area contributed by atoms with Gasteiger partial charge < -0.3 is 9.90 Å². The highest BCUT2D eigenvalue weighted by Crippen LogP contribution is 2.08. The topological polar surface area (TPSA) is 58.0 Å². The van der Waals surface area contributed by atoms with Crippen LogP contribution in [-0.4, -0.2) is 15.7 Å². The number of hydrogen-bond acceptors (Lipinski definition) is 3. The molecule has 0 amide bonds. The summed E-state index contributed by atoms with van der Waals surface area (Å²) < 4.78 is 1.69. The minimum atomic E-state index is -1.17. The van der Waals surface area contributed by atoms with E-state index in [2.05, 4.69) is 5.10 Å². The Morgan fingerprint density at radius 1 is 1.27 bits per heavy atom. The summed E-state index contributed by atoms with van der Waals surface area (Å²) in [5, 5.41) is 14.7. The summed E-state index contributed by atoms with van der Waals surface area (Å²) in [7, 11) is 0. The second-order valence-corrected chi connectivity index (χ2v) is 3.24. The number of rotatable bonds is 2. The van der Waals surface area contributed by atoms with Crippen molar-refractivity contribution in [1.29, 1.82) is 0 Å². The molecular weight excluding hydrogens is 192 g/mol. The third-order valence-electron chi connectivity index (χ3n) is 2.09. The minimum absolute atomic E-state index is 0.169. The molecule has 1 aromatic heterocycles. The van der Waals surface area contributed by atoms with Gasteiger partial charge in [0.1, 0.15) is 0 Å². The lowest BCUT2D eigenvalue weighted by molar-refractivity contribution is -0.255. The molecule has 0 bridgehead atoms. The molecule has 0 aliphatic carbocycles. The van der Waals surface area contributed by atoms with Gasteiger partial charge in [0, 0.05) is 6.20 Å². The van der Waals surface area contributed by atoms with E-state index in [9.17, 15) is 9.90 Å². The molecule has 0 radical (unpaired) electrons. The second-order valence-electron chi connectivity index (χ2n) is 3.24. The zero-order valence-corrected chi connectivity index (χ0v) is 8.18. The number of nitrogens with zero attached hydrogens (tertiary/aromatic N) is 2. The number of aryl methyl sites for hydroxylation is 1. The van der Waals surface area contributed by atoms with Crippen molar-refractivity contribution in [3.05, 3.63) is 47.8 Å². The summed E-state index contributed by atoms with van der Waals surface area (Å²) >= 11 is 0. The molecule has 0 saturated carbocycles. The van der Waals surface area contributed by atoms with Gasteiger partial charge in [0.25, 0.3) is 0 Å². The van der Waals surface area contributed by atoms with Crippen LogP contribution in [0.15, 0.2) is 36.5 Å². The summed E-state index contributed by atoms with van der Waals surface area (Å²) in [5.74, 6) is -1.17. The van der Waals surface area contributed by atoms with Gasteiger partial charge >= 0.3 is 0 Å².